The molecule has 0 spiro atoms. The van der Waals surface area contributed by atoms with Gasteiger partial charge in [-0.15, -0.1) is 0 Å². The van der Waals surface area contributed by atoms with Crippen LogP contribution in [-0.2, 0) is 13.5 Å². The second-order valence-electron chi connectivity index (χ2n) is 4.69. The first-order valence-corrected chi connectivity index (χ1v) is 6.68. The van der Waals surface area contributed by atoms with Crippen LogP contribution in [-0.4, -0.2) is 21.9 Å². The molecule has 110 valence electrons. The maximum atomic E-state index is 13.2. The Balaban J connectivity index is 2.44. The van der Waals surface area contributed by atoms with Crippen molar-refractivity contribution >= 4 is 17.8 Å². The fraction of sp³-hybridized carbons (Fsp3) is 0.267. The molecule has 0 unspecified atom stereocenters. The number of carbonyl (C=O) groups is 1. The van der Waals surface area contributed by atoms with Gasteiger partial charge in [0.15, 0.2) is 5.69 Å². The summed E-state index contributed by atoms with van der Waals surface area (Å²) >= 11 is 0. The fourth-order valence-electron chi connectivity index (χ4n) is 2.11. The quantitative estimate of drug-likeness (QED) is 0.858. The standard InChI is InChI=1S/C15H17FN4O/c1-3-5-12-13(14(15(17)21)20(2)19-12)18-9-10-6-4-7-11(16)8-10/h4,6-9H,3,5H2,1-2H3,(H2,17,21). The molecule has 0 bridgehead atoms. The molecular weight excluding hydrogens is 271 g/mol. The Morgan fingerprint density at radius 3 is 2.90 bits per heavy atom. The van der Waals surface area contributed by atoms with Crippen LogP contribution in [0.2, 0.25) is 0 Å². The predicted octanol–water partition coefficient (Wildman–Crippen LogP) is 2.36. The van der Waals surface area contributed by atoms with Gasteiger partial charge < -0.3 is 5.73 Å². The highest BCUT2D eigenvalue weighted by Crippen LogP contribution is 2.24. The normalized spacial score (nSPS) is 11.2. The zero-order valence-electron chi connectivity index (χ0n) is 12.0. The van der Waals surface area contributed by atoms with Gasteiger partial charge in [0.2, 0.25) is 0 Å². The minimum Gasteiger partial charge on any atom is -0.364 e. The molecule has 1 aromatic heterocycles. The lowest BCUT2D eigenvalue weighted by Gasteiger charge is -1.99. The lowest BCUT2D eigenvalue weighted by molar-refractivity contribution is 0.0992. The zero-order chi connectivity index (χ0) is 15.4. The van der Waals surface area contributed by atoms with E-state index < -0.39 is 5.91 Å². The second kappa shape index (κ2) is 6.30. The molecule has 0 aliphatic rings. The molecule has 21 heavy (non-hydrogen) atoms. The third kappa shape index (κ3) is 3.34. The van der Waals surface area contributed by atoms with E-state index in [2.05, 4.69) is 10.1 Å². The van der Waals surface area contributed by atoms with Crippen molar-refractivity contribution in [2.24, 2.45) is 17.8 Å². The Morgan fingerprint density at radius 1 is 1.52 bits per heavy atom. The maximum absolute atomic E-state index is 13.2. The molecule has 1 aromatic carbocycles. The lowest BCUT2D eigenvalue weighted by Crippen LogP contribution is -2.15. The van der Waals surface area contributed by atoms with Gasteiger partial charge in [-0.1, -0.05) is 25.5 Å². The van der Waals surface area contributed by atoms with Gasteiger partial charge in [-0.2, -0.15) is 5.10 Å². The summed E-state index contributed by atoms with van der Waals surface area (Å²) in [6, 6.07) is 6.05. The average Bonchev–Trinajstić information content (AvgIpc) is 2.73. The van der Waals surface area contributed by atoms with E-state index in [9.17, 15) is 9.18 Å². The van der Waals surface area contributed by atoms with Crippen LogP contribution in [0, 0.1) is 5.82 Å². The molecule has 1 heterocycles. The van der Waals surface area contributed by atoms with Crippen LogP contribution < -0.4 is 5.73 Å². The Kier molecular flexibility index (Phi) is 4.47. The number of benzene rings is 1. The molecule has 0 aliphatic carbocycles. The zero-order valence-corrected chi connectivity index (χ0v) is 12.0. The lowest BCUT2D eigenvalue weighted by atomic mass is 10.2. The van der Waals surface area contributed by atoms with Crippen LogP contribution in [0.3, 0.4) is 0 Å². The highest BCUT2D eigenvalue weighted by atomic mass is 19.1. The molecule has 0 fully saturated rings. The number of amides is 1. The Bertz CT molecular complexity index is 691. The van der Waals surface area contributed by atoms with Gasteiger partial charge in [0.25, 0.3) is 5.91 Å². The summed E-state index contributed by atoms with van der Waals surface area (Å²) in [5.74, 6) is -0.923. The van der Waals surface area contributed by atoms with Crippen molar-refractivity contribution in [2.75, 3.05) is 0 Å². The van der Waals surface area contributed by atoms with E-state index in [1.807, 2.05) is 6.92 Å². The van der Waals surface area contributed by atoms with E-state index in [0.29, 0.717) is 23.4 Å². The van der Waals surface area contributed by atoms with E-state index in [-0.39, 0.29) is 11.5 Å². The summed E-state index contributed by atoms with van der Waals surface area (Å²) in [6.07, 6.45) is 3.07. The summed E-state index contributed by atoms with van der Waals surface area (Å²) < 4.78 is 14.6. The highest BCUT2D eigenvalue weighted by molar-refractivity contribution is 5.98. The first-order chi connectivity index (χ1) is 10.0. The van der Waals surface area contributed by atoms with Gasteiger partial charge in [0.1, 0.15) is 11.5 Å². The van der Waals surface area contributed by atoms with Crippen molar-refractivity contribution in [1.82, 2.24) is 9.78 Å². The summed E-state index contributed by atoms with van der Waals surface area (Å²) in [5, 5.41) is 4.28. The van der Waals surface area contributed by atoms with Crippen molar-refractivity contribution in [3.05, 3.63) is 47.0 Å². The van der Waals surface area contributed by atoms with E-state index in [1.54, 1.807) is 19.2 Å². The van der Waals surface area contributed by atoms with E-state index >= 15 is 0 Å². The fourth-order valence-corrected chi connectivity index (χ4v) is 2.11. The first-order valence-electron chi connectivity index (χ1n) is 6.68. The molecule has 6 heteroatoms. The topological polar surface area (TPSA) is 73.3 Å². The van der Waals surface area contributed by atoms with Gasteiger partial charge in [0.05, 0.1) is 5.69 Å². The number of carbonyl (C=O) groups excluding carboxylic acids is 1. The molecule has 0 atom stereocenters. The minimum atomic E-state index is -0.584. The van der Waals surface area contributed by atoms with Crippen molar-refractivity contribution in [3.8, 4) is 0 Å². The van der Waals surface area contributed by atoms with Crippen molar-refractivity contribution in [1.29, 1.82) is 0 Å². The van der Waals surface area contributed by atoms with Gasteiger partial charge in [-0.05, 0) is 24.1 Å². The van der Waals surface area contributed by atoms with Gasteiger partial charge in [-0.25, -0.2) is 4.39 Å². The monoisotopic (exact) mass is 288 g/mol. The Hall–Kier alpha value is -2.50. The molecule has 2 aromatic rings. The largest absolute Gasteiger partial charge is 0.364 e. The average molecular weight is 288 g/mol. The number of nitrogens with zero attached hydrogens (tertiary/aromatic N) is 3. The summed E-state index contributed by atoms with van der Waals surface area (Å²) in [7, 11) is 1.65. The number of aromatic nitrogens is 2. The molecule has 0 aliphatic heterocycles. The van der Waals surface area contributed by atoms with Gasteiger partial charge in [-0.3, -0.25) is 14.5 Å². The van der Waals surface area contributed by atoms with Crippen molar-refractivity contribution in [2.45, 2.75) is 19.8 Å². The SMILES string of the molecule is CCCc1nn(C)c(C(N)=O)c1N=Cc1cccc(F)c1. The van der Waals surface area contributed by atoms with Crippen LogP contribution >= 0.6 is 0 Å². The van der Waals surface area contributed by atoms with Gasteiger partial charge >= 0.3 is 0 Å². The summed E-state index contributed by atoms with van der Waals surface area (Å²) in [6.45, 7) is 2.01. The summed E-state index contributed by atoms with van der Waals surface area (Å²) in [5.41, 5.74) is 7.41. The van der Waals surface area contributed by atoms with Crippen LogP contribution in [0.5, 0.6) is 0 Å². The van der Waals surface area contributed by atoms with Crippen LogP contribution in [0.25, 0.3) is 0 Å². The van der Waals surface area contributed by atoms with Crippen LogP contribution in [0.4, 0.5) is 10.1 Å². The minimum absolute atomic E-state index is 0.256. The Morgan fingerprint density at radius 2 is 2.29 bits per heavy atom. The number of halogens is 1. The van der Waals surface area contributed by atoms with Crippen molar-refractivity contribution < 1.29 is 9.18 Å². The smallest absolute Gasteiger partial charge is 0.269 e. The highest BCUT2D eigenvalue weighted by Gasteiger charge is 2.18. The molecule has 0 saturated heterocycles. The first kappa shape index (κ1) is 14.9. The van der Waals surface area contributed by atoms with Gasteiger partial charge in [0, 0.05) is 13.3 Å². The second-order valence-corrected chi connectivity index (χ2v) is 4.69. The molecule has 2 N–H and O–H groups in total. The van der Waals surface area contributed by atoms with E-state index in [1.165, 1.54) is 23.0 Å². The maximum Gasteiger partial charge on any atom is 0.269 e. The predicted molar refractivity (Wildman–Crippen MR) is 79.4 cm³/mol. The number of rotatable bonds is 5. The molecule has 2 rings (SSSR count). The summed E-state index contributed by atoms with van der Waals surface area (Å²) in [4.78, 5) is 15.9. The number of hydrogen-bond acceptors (Lipinski definition) is 3. The molecule has 0 saturated carbocycles. The number of aryl methyl sites for hydroxylation is 2. The third-order valence-electron chi connectivity index (χ3n) is 3.00. The molecule has 0 radical (unpaired) electrons. The molecular formula is C15H17FN4O. The van der Waals surface area contributed by atoms with E-state index in [4.69, 9.17) is 5.73 Å². The molecule has 1 amide bonds. The number of nitrogens with two attached hydrogens (primary N) is 1. The molecule has 5 nitrogen and oxygen atoms in total. The number of primary amides is 1. The van der Waals surface area contributed by atoms with Crippen LogP contribution in [0.15, 0.2) is 29.3 Å². The van der Waals surface area contributed by atoms with E-state index in [0.717, 1.165) is 6.42 Å². The number of hydrogen-bond donors (Lipinski definition) is 1. The Labute approximate surface area is 122 Å². The van der Waals surface area contributed by atoms with Crippen LogP contribution in [0.1, 0.15) is 35.1 Å². The number of aliphatic imine (C=N–C) groups is 1. The third-order valence-corrected chi connectivity index (χ3v) is 3.00. The van der Waals surface area contributed by atoms with Crippen molar-refractivity contribution in [3.63, 3.8) is 0 Å².